The fraction of sp³-hybridized carbons (Fsp3) is 0.400. The molecule has 0 amide bonds. The maximum atomic E-state index is 10.2. The van der Waals surface area contributed by atoms with Gasteiger partial charge in [-0.15, -0.1) is 0 Å². The zero-order chi connectivity index (χ0) is 18.7. The quantitative estimate of drug-likeness (QED) is 0.719. The van der Waals surface area contributed by atoms with E-state index in [2.05, 4.69) is 0 Å². The summed E-state index contributed by atoms with van der Waals surface area (Å²) in [6, 6.07) is 13.2. The second-order valence-corrected chi connectivity index (χ2v) is 6.77. The molecule has 2 aromatic rings. The van der Waals surface area contributed by atoms with Gasteiger partial charge in [0.2, 0.25) is 0 Å². The third-order valence-electron chi connectivity index (χ3n) is 4.57. The van der Waals surface area contributed by atoms with Crippen LogP contribution in [0.4, 0.5) is 0 Å². The van der Waals surface area contributed by atoms with E-state index < -0.39 is 24.4 Å². The molecule has 1 aliphatic heterocycles. The molecule has 6 heteroatoms. The summed E-state index contributed by atoms with van der Waals surface area (Å²) < 4.78 is 11.0. The van der Waals surface area contributed by atoms with Gasteiger partial charge in [0.05, 0.1) is 13.2 Å². The van der Waals surface area contributed by atoms with Crippen LogP contribution < -0.4 is 4.74 Å². The van der Waals surface area contributed by atoms with Gasteiger partial charge in [0, 0.05) is 5.02 Å². The third kappa shape index (κ3) is 4.03. The monoisotopic (exact) mass is 378 g/mol. The molecule has 0 unspecified atom stereocenters. The van der Waals surface area contributed by atoms with Crippen LogP contribution in [0.1, 0.15) is 29.7 Å². The van der Waals surface area contributed by atoms with Crippen molar-refractivity contribution < 1.29 is 24.8 Å². The van der Waals surface area contributed by atoms with Crippen molar-refractivity contribution in [1.82, 2.24) is 0 Å². The smallest absolute Gasteiger partial charge is 0.119 e. The normalized spacial score (nSPS) is 25.4. The minimum atomic E-state index is -1.12. The summed E-state index contributed by atoms with van der Waals surface area (Å²) in [5.41, 5.74) is 2.69. The van der Waals surface area contributed by atoms with E-state index >= 15 is 0 Å². The van der Waals surface area contributed by atoms with E-state index in [-0.39, 0.29) is 6.61 Å². The highest BCUT2D eigenvalue weighted by Gasteiger charge is 2.43. The Hall–Kier alpha value is -1.63. The van der Waals surface area contributed by atoms with Crippen LogP contribution in [0.3, 0.4) is 0 Å². The van der Waals surface area contributed by atoms with Crippen molar-refractivity contribution in [2.24, 2.45) is 0 Å². The molecule has 3 N–H and O–H groups in total. The highest BCUT2D eigenvalue weighted by Crippen LogP contribution is 2.35. The van der Waals surface area contributed by atoms with Crippen molar-refractivity contribution >= 4 is 11.6 Å². The predicted octanol–water partition coefficient (Wildman–Crippen LogP) is 2.48. The summed E-state index contributed by atoms with van der Waals surface area (Å²) >= 11 is 6.34. The molecule has 5 nitrogen and oxygen atoms in total. The lowest BCUT2D eigenvalue weighted by Gasteiger charge is -2.17. The van der Waals surface area contributed by atoms with Crippen LogP contribution in [-0.2, 0) is 11.2 Å². The Morgan fingerprint density at radius 3 is 2.42 bits per heavy atom. The van der Waals surface area contributed by atoms with Crippen molar-refractivity contribution in [3.8, 4) is 5.75 Å². The van der Waals surface area contributed by atoms with E-state index in [0.717, 1.165) is 22.4 Å². The third-order valence-corrected chi connectivity index (χ3v) is 4.94. The Morgan fingerprint density at radius 1 is 1.08 bits per heavy atom. The average Bonchev–Trinajstić information content (AvgIpc) is 2.93. The van der Waals surface area contributed by atoms with Crippen LogP contribution in [0.15, 0.2) is 42.5 Å². The molecular formula is C20H23ClO5. The summed E-state index contributed by atoms with van der Waals surface area (Å²) in [6.07, 6.45) is -3.07. The summed E-state index contributed by atoms with van der Waals surface area (Å²) in [4.78, 5) is 0. The average molecular weight is 379 g/mol. The summed E-state index contributed by atoms with van der Waals surface area (Å²) in [7, 11) is 0. The van der Waals surface area contributed by atoms with Gasteiger partial charge in [-0.25, -0.2) is 0 Å². The largest absolute Gasteiger partial charge is 0.494 e. The topological polar surface area (TPSA) is 79.2 Å². The van der Waals surface area contributed by atoms with Gasteiger partial charge in [0.1, 0.15) is 30.2 Å². The maximum absolute atomic E-state index is 10.2. The maximum Gasteiger partial charge on any atom is 0.119 e. The zero-order valence-corrected chi connectivity index (χ0v) is 15.3. The van der Waals surface area contributed by atoms with Crippen LogP contribution in [-0.4, -0.2) is 46.8 Å². The molecule has 26 heavy (non-hydrogen) atoms. The number of rotatable bonds is 6. The summed E-state index contributed by atoms with van der Waals surface area (Å²) in [5, 5.41) is 30.0. The molecule has 0 saturated carbocycles. The first-order chi connectivity index (χ1) is 12.5. The number of hydrogen-bond acceptors (Lipinski definition) is 5. The highest BCUT2D eigenvalue weighted by molar-refractivity contribution is 6.31. The fourth-order valence-corrected chi connectivity index (χ4v) is 3.36. The summed E-state index contributed by atoms with van der Waals surface area (Å²) in [5.74, 6) is 0.822. The molecule has 1 fully saturated rings. The van der Waals surface area contributed by atoms with Crippen molar-refractivity contribution in [2.45, 2.75) is 37.8 Å². The standard InChI is InChI=1S/C20H23ClO5/c1-2-25-15-6-3-12(4-7-15)9-14-10-13(5-8-16(14)21)20-19(24)18(23)17(11-22)26-20/h3-8,10,17-20,22-24H,2,9,11H2,1H3/t17-,18-,19+,20-/m0/s1. The van der Waals surface area contributed by atoms with E-state index in [9.17, 15) is 15.3 Å². The lowest BCUT2D eigenvalue weighted by atomic mass is 9.97. The zero-order valence-electron chi connectivity index (χ0n) is 14.5. The van der Waals surface area contributed by atoms with Gasteiger partial charge >= 0.3 is 0 Å². The number of halogens is 1. The van der Waals surface area contributed by atoms with Crippen LogP contribution >= 0.6 is 11.6 Å². The molecule has 0 spiro atoms. The lowest BCUT2D eigenvalue weighted by molar-refractivity contribution is -0.0227. The van der Waals surface area contributed by atoms with E-state index in [1.54, 1.807) is 12.1 Å². The van der Waals surface area contributed by atoms with Gasteiger partial charge in [-0.1, -0.05) is 35.9 Å². The van der Waals surface area contributed by atoms with Crippen molar-refractivity contribution in [3.63, 3.8) is 0 Å². The van der Waals surface area contributed by atoms with Gasteiger partial charge in [-0.2, -0.15) is 0 Å². The van der Waals surface area contributed by atoms with Crippen LogP contribution in [0.2, 0.25) is 5.02 Å². The number of hydrogen-bond donors (Lipinski definition) is 3. The molecule has 1 heterocycles. The van der Waals surface area contributed by atoms with Gasteiger partial charge in [0.15, 0.2) is 0 Å². The molecule has 1 aliphatic rings. The minimum Gasteiger partial charge on any atom is -0.494 e. The van der Waals surface area contributed by atoms with E-state index in [0.29, 0.717) is 18.1 Å². The first-order valence-electron chi connectivity index (χ1n) is 8.66. The Kier molecular flexibility index (Phi) is 6.16. The molecule has 0 aromatic heterocycles. The van der Waals surface area contributed by atoms with Crippen LogP contribution in [0.25, 0.3) is 0 Å². The van der Waals surface area contributed by atoms with E-state index in [1.807, 2.05) is 37.3 Å². The molecule has 4 atom stereocenters. The van der Waals surface area contributed by atoms with Crippen molar-refractivity contribution in [1.29, 1.82) is 0 Å². The van der Waals surface area contributed by atoms with Crippen LogP contribution in [0.5, 0.6) is 5.75 Å². The van der Waals surface area contributed by atoms with Crippen LogP contribution in [0, 0.1) is 0 Å². The fourth-order valence-electron chi connectivity index (χ4n) is 3.17. The predicted molar refractivity (Wildman–Crippen MR) is 98.6 cm³/mol. The van der Waals surface area contributed by atoms with Crippen molar-refractivity contribution in [3.05, 3.63) is 64.2 Å². The highest BCUT2D eigenvalue weighted by atomic mass is 35.5. The SMILES string of the molecule is CCOc1ccc(Cc2cc([C@@H]3O[C@@H](CO)[C@H](O)[C@H]3O)ccc2Cl)cc1. The van der Waals surface area contributed by atoms with E-state index in [1.165, 1.54) is 0 Å². The number of benzene rings is 2. The van der Waals surface area contributed by atoms with Gasteiger partial charge in [0.25, 0.3) is 0 Å². The Labute approximate surface area is 157 Å². The first kappa shape index (κ1) is 19.1. The molecule has 0 radical (unpaired) electrons. The first-order valence-corrected chi connectivity index (χ1v) is 9.03. The van der Waals surface area contributed by atoms with Gasteiger partial charge < -0.3 is 24.8 Å². The molecule has 140 valence electrons. The van der Waals surface area contributed by atoms with Crippen molar-refractivity contribution in [2.75, 3.05) is 13.2 Å². The van der Waals surface area contributed by atoms with Gasteiger partial charge in [-0.05, 0) is 48.2 Å². The Bertz CT molecular complexity index is 733. The molecule has 1 saturated heterocycles. The molecular weight excluding hydrogens is 356 g/mol. The lowest BCUT2D eigenvalue weighted by Crippen LogP contribution is -2.32. The Balaban J connectivity index is 1.80. The second kappa shape index (κ2) is 8.37. The minimum absolute atomic E-state index is 0.346. The number of ether oxygens (including phenoxy) is 2. The number of aliphatic hydroxyl groups is 3. The number of aliphatic hydroxyl groups excluding tert-OH is 3. The molecule has 3 rings (SSSR count). The van der Waals surface area contributed by atoms with Gasteiger partial charge in [-0.3, -0.25) is 0 Å². The molecule has 0 bridgehead atoms. The second-order valence-electron chi connectivity index (χ2n) is 6.36. The molecule has 2 aromatic carbocycles. The Morgan fingerprint density at radius 2 is 1.81 bits per heavy atom. The van der Waals surface area contributed by atoms with E-state index in [4.69, 9.17) is 21.1 Å². The molecule has 0 aliphatic carbocycles. The summed E-state index contributed by atoms with van der Waals surface area (Å²) in [6.45, 7) is 2.22.